The van der Waals surface area contributed by atoms with Crippen LogP contribution < -0.4 is 10.6 Å². The third-order valence-corrected chi connectivity index (χ3v) is 7.68. The van der Waals surface area contributed by atoms with Gasteiger partial charge in [-0.3, -0.25) is 4.99 Å². The van der Waals surface area contributed by atoms with Crippen molar-refractivity contribution in [1.29, 1.82) is 0 Å². The van der Waals surface area contributed by atoms with Crippen LogP contribution in [0, 0.1) is 11.3 Å². The molecule has 1 saturated carbocycles. The Bertz CT molecular complexity index is 469. The first-order chi connectivity index (χ1) is 11.5. The molecule has 2 aliphatic heterocycles. The van der Waals surface area contributed by atoms with Gasteiger partial charge in [-0.25, -0.2) is 0 Å². The van der Waals surface area contributed by atoms with Crippen molar-refractivity contribution in [2.24, 2.45) is 16.3 Å². The Labute approximate surface area is 173 Å². The number of fused-ring (bicyclic) bond motifs is 1. The molecule has 0 radical (unpaired) electrons. The highest BCUT2D eigenvalue weighted by molar-refractivity contribution is 14.0. The van der Waals surface area contributed by atoms with Crippen LogP contribution in [-0.4, -0.2) is 62.5 Å². The van der Waals surface area contributed by atoms with Gasteiger partial charge in [-0.05, 0) is 31.9 Å². The summed E-state index contributed by atoms with van der Waals surface area (Å²) in [5, 5.41) is 7.28. The van der Waals surface area contributed by atoms with Gasteiger partial charge in [-0.1, -0.05) is 13.8 Å². The fourth-order valence-electron chi connectivity index (χ4n) is 4.60. The molecule has 0 amide bonds. The van der Waals surface area contributed by atoms with E-state index in [0.29, 0.717) is 18.1 Å². The van der Waals surface area contributed by atoms with E-state index in [1.165, 1.54) is 12.8 Å². The standard InChI is InChI=1S/C18H33N3O2S.HI/c1-17(2)14(13-6-5-9-23-15(13)17)21-16(19-3)20-12-18(24-4)7-10-22-11-8-18;/h13-15H,5-12H2,1-4H3,(H2,19,20,21);1H. The average molecular weight is 483 g/mol. The van der Waals surface area contributed by atoms with Crippen LogP contribution in [0.25, 0.3) is 0 Å². The first kappa shape index (κ1) is 21.6. The number of hydrogen-bond acceptors (Lipinski definition) is 4. The zero-order valence-corrected chi connectivity index (χ0v) is 19.1. The third-order valence-electron chi connectivity index (χ3n) is 6.26. The summed E-state index contributed by atoms with van der Waals surface area (Å²) in [5.41, 5.74) is 0.165. The molecule has 3 aliphatic rings. The molecule has 1 aliphatic carbocycles. The fourth-order valence-corrected chi connectivity index (χ4v) is 5.39. The summed E-state index contributed by atoms with van der Waals surface area (Å²) in [4.78, 5) is 4.48. The van der Waals surface area contributed by atoms with Crippen LogP contribution in [0.2, 0.25) is 0 Å². The molecule has 3 rings (SSSR count). The van der Waals surface area contributed by atoms with Crippen LogP contribution in [0.4, 0.5) is 0 Å². The highest BCUT2D eigenvalue weighted by Gasteiger charge is 2.58. The first-order valence-corrected chi connectivity index (χ1v) is 10.5. The number of guanidine groups is 1. The van der Waals surface area contributed by atoms with Crippen molar-refractivity contribution in [3.05, 3.63) is 0 Å². The van der Waals surface area contributed by atoms with Crippen molar-refractivity contribution >= 4 is 41.7 Å². The van der Waals surface area contributed by atoms with E-state index >= 15 is 0 Å². The predicted octanol–water partition coefficient (Wildman–Crippen LogP) is 2.89. The molecule has 0 spiro atoms. The Morgan fingerprint density at radius 1 is 1.24 bits per heavy atom. The molecule has 0 aromatic carbocycles. The van der Waals surface area contributed by atoms with Gasteiger partial charge in [0.15, 0.2) is 5.96 Å². The van der Waals surface area contributed by atoms with E-state index in [4.69, 9.17) is 9.47 Å². The Kier molecular flexibility index (Phi) is 7.74. The number of rotatable bonds is 4. The molecule has 2 saturated heterocycles. The Morgan fingerprint density at radius 3 is 2.60 bits per heavy atom. The molecule has 0 aromatic heterocycles. The Hall–Kier alpha value is 0.270. The molecule has 3 unspecified atom stereocenters. The number of nitrogens with zero attached hydrogens (tertiary/aromatic N) is 1. The highest BCUT2D eigenvalue weighted by atomic mass is 127. The molecule has 7 heteroatoms. The van der Waals surface area contributed by atoms with Crippen LogP contribution in [0.1, 0.15) is 39.5 Å². The van der Waals surface area contributed by atoms with Gasteiger partial charge in [0.1, 0.15) is 0 Å². The number of ether oxygens (including phenoxy) is 2. The van der Waals surface area contributed by atoms with E-state index in [1.807, 2.05) is 18.8 Å². The zero-order valence-electron chi connectivity index (χ0n) is 16.0. The average Bonchev–Trinajstić information content (AvgIpc) is 2.62. The van der Waals surface area contributed by atoms with Gasteiger partial charge in [-0.15, -0.1) is 24.0 Å². The maximum absolute atomic E-state index is 6.01. The maximum Gasteiger partial charge on any atom is 0.191 e. The summed E-state index contributed by atoms with van der Waals surface area (Å²) in [6.45, 7) is 8.22. The summed E-state index contributed by atoms with van der Waals surface area (Å²) >= 11 is 1.96. The number of thioether (sulfide) groups is 1. The molecular weight excluding hydrogens is 449 g/mol. The van der Waals surface area contributed by atoms with E-state index in [-0.39, 0.29) is 34.1 Å². The lowest BCUT2D eigenvalue weighted by Gasteiger charge is -2.60. The lowest BCUT2D eigenvalue weighted by atomic mass is 9.55. The van der Waals surface area contributed by atoms with E-state index in [9.17, 15) is 0 Å². The third kappa shape index (κ3) is 4.41. The van der Waals surface area contributed by atoms with Gasteiger partial charge >= 0.3 is 0 Å². The van der Waals surface area contributed by atoms with E-state index in [0.717, 1.165) is 45.2 Å². The number of aliphatic imine (C=N–C) groups is 1. The van der Waals surface area contributed by atoms with Crippen molar-refractivity contribution in [3.8, 4) is 0 Å². The normalized spacial score (nSPS) is 33.4. The van der Waals surface area contributed by atoms with Crippen molar-refractivity contribution < 1.29 is 9.47 Å². The second-order valence-corrected chi connectivity index (χ2v) is 9.24. The van der Waals surface area contributed by atoms with Crippen LogP contribution in [0.3, 0.4) is 0 Å². The lowest BCUT2D eigenvalue weighted by Crippen LogP contribution is -2.71. The summed E-state index contributed by atoms with van der Waals surface area (Å²) < 4.78 is 11.8. The number of hydrogen-bond donors (Lipinski definition) is 2. The molecule has 25 heavy (non-hydrogen) atoms. The molecule has 2 heterocycles. The minimum Gasteiger partial charge on any atom is -0.381 e. The second kappa shape index (κ2) is 8.97. The molecule has 3 atom stereocenters. The van der Waals surface area contributed by atoms with E-state index < -0.39 is 0 Å². The van der Waals surface area contributed by atoms with E-state index in [2.05, 4.69) is 35.7 Å². The predicted molar refractivity (Wildman–Crippen MR) is 116 cm³/mol. The SMILES string of the molecule is CN=C(NCC1(SC)CCOCC1)NC1C2CCCOC2C1(C)C.I. The van der Waals surface area contributed by atoms with Crippen LogP contribution in [-0.2, 0) is 9.47 Å². The first-order valence-electron chi connectivity index (χ1n) is 9.24. The van der Waals surface area contributed by atoms with Crippen LogP contribution >= 0.6 is 35.7 Å². The quantitative estimate of drug-likeness (QED) is 0.366. The Morgan fingerprint density at radius 2 is 1.96 bits per heavy atom. The molecule has 3 fully saturated rings. The minimum atomic E-state index is 0. The molecular formula is C18H34IN3O2S. The number of nitrogens with one attached hydrogen (secondary N) is 2. The summed E-state index contributed by atoms with van der Waals surface area (Å²) in [6.07, 6.45) is 7.25. The van der Waals surface area contributed by atoms with Crippen LogP contribution in [0.5, 0.6) is 0 Å². The monoisotopic (exact) mass is 483 g/mol. The molecule has 5 nitrogen and oxygen atoms in total. The minimum absolute atomic E-state index is 0. The summed E-state index contributed by atoms with van der Waals surface area (Å²) in [5.74, 6) is 1.54. The molecule has 0 bridgehead atoms. The van der Waals surface area contributed by atoms with Crippen molar-refractivity contribution in [1.82, 2.24) is 10.6 Å². The second-order valence-electron chi connectivity index (χ2n) is 7.97. The van der Waals surface area contributed by atoms with Gasteiger partial charge in [0, 0.05) is 55.5 Å². The largest absolute Gasteiger partial charge is 0.381 e. The Balaban J connectivity index is 0.00000225. The van der Waals surface area contributed by atoms with Gasteiger partial charge < -0.3 is 20.1 Å². The van der Waals surface area contributed by atoms with Crippen molar-refractivity contribution in [3.63, 3.8) is 0 Å². The van der Waals surface area contributed by atoms with E-state index in [1.54, 1.807) is 0 Å². The van der Waals surface area contributed by atoms with Crippen LogP contribution in [0.15, 0.2) is 4.99 Å². The van der Waals surface area contributed by atoms with Crippen molar-refractivity contribution in [2.45, 2.75) is 56.4 Å². The van der Waals surface area contributed by atoms with Gasteiger partial charge in [0.2, 0.25) is 0 Å². The summed E-state index contributed by atoms with van der Waals surface area (Å²) in [6, 6.07) is 0.439. The van der Waals surface area contributed by atoms with Gasteiger partial charge in [-0.2, -0.15) is 11.8 Å². The topological polar surface area (TPSA) is 54.9 Å². The smallest absolute Gasteiger partial charge is 0.191 e. The van der Waals surface area contributed by atoms with Gasteiger partial charge in [0.25, 0.3) is 0 Å². The van der Waals surface area contributed by atoms with Gasteiger partial charge in [0.05, 0.1) is 6.10 Å². The van der Waals surface area contributed by atoms with Crippen molar-refractivity contribution in [2.75, 3.05) is 39.7 Å². The highest BCUT2D eigenvalue weighted by Crippen LogP contribution is 2.51. The fraction of sp³-hybridized carbons (Fsp3) is 0.944. The summed E-state index contributed by atoms with van der Waals surface area (Å²) in [7, 11) is 1.87. The molecule has 2 N–H and O–H groups in total. The maximum atomic E-state index is 6.01. The number of halogens is 1. The molecule has 146 valence electrons. The lowest BCUT2D eigenvalue weighted by molar-refractivity contribution is -0.188. The zero-order chi connectivity index (χ0) is 17.2. The molecule has 0 aromatic rings.